The SMILES string of the molecule is CC(C)C(NC(=O)C(CCCN=C(N)N)NC(=O)C1CCCN1)C(=O)NC(Cc1cnc[nH]1)C(=O)O. The maximum absolute atomic E-state index is 13.2. The van der Waals surface area contributed by atoms with Crippen molar-refractivity contribution in [1.29, 1.82) is 0 Å². The molecule has 4 atom stereocenters. The fraction of sp³-hybridized carbons (Fsp3) is 0.636. The molecule has 14 heteroatoms. The van der Waals surface area contributed by atoms with Crippen LogP contribution in [0.2, 0.25) is 0 Å². The number of carboxylic acids is 1. The Morgan fingerprint density at radius 2 is 1.92 bits per heavy atom. The molecular weight excluding hydrogens is 470 g/mol. The van der Waals surface area contributed by atoms with Gasteiger partial charge in [-0.3, -0.25) is 19.4 Å². The molecule has 0 radical (unpaired) electrons. The van der Waals surface area contributed by atoms with E-state index in [4.69, 9.17) is 11.5 Å². The molecule has 2 heterocycles. The number of hydrogen-bond acceptors (Lipinski definition) is 7. The third-order valence-corrected chi connectivity index (χ3v) is 5.80. The molecule has 1 aliphatic heterocycles. The lowest BCUT2D eigenvalue weighted by Gasteiger charge is -2.27. The minimum absolute atomic E-state index is 0.00228. The Morgan fingerprint density at radius 1 is 1.17 bits per heavy atom. The fourth-order valence-electron chi connectivity index (χ4n) is 3.82. The summed E-state index contributed by atoms with van der Waals surface area (Å²) in [5.41, 5.74) is 11.2. The van der Waals surface area contributed by atoms with Crippen LogP contribution in [0.25, 0.3) is 0 Å². The maximum Gasteiger partial charge on any atom is 0.326 e. The van der Waals surface area contributed by atoms with Gasteiger partial charge in [-0.25, -0.2) is 9.78 Å². The zero-order valence-electron chi connectivity index (χ0n) is 20.6. The summed E-state index contributed by atoms with van der Waals surface area (Å²) < 4.78 is 0. The number of amides is 3. The average Bonchev–Trinajstić information content (AvgIpc) is 3.52. The van der Waals surface area contributed by atoms with Gasteiger partial charge >= 0.3 is 5.97 Å². The van der Waals surface area contributed by atoms with Crippen molar-refractivity contribution in [3.63, 3.8) is 0 Å². The summed E-state index contributed by atoms with van der Waals surface area (Å²) in [5.74, 6) is -3.15. The molecule has 10 N–H and O–H groups in total. The van der Waals surface area contributed by atoms with Gasteiger partial charge in [0, 0.05) is 24.9 Å². The van der Waals surface area contributed by atoms with Gasteiger partial charge in [0.25, 0.3) is 0 Å². The van der Waals surface area contributed by atoms with Crippen molar-refractivity contribution < 1.29 is 24.3 Å². The first-order valence-electron chi connectivity index (χ1n) is 12.0. The highest BCUT2D eigenvalue weighted by molar-refractivity contribution is 5.94. The van der Waals surface area contributed by atoms with Crippen LogP contribution in [0.5, 0.6) is 0 Å². The van der Waals surface area contributed by atoms with Crippen molar-refractivity contribution in [3.05, 3.63) is 18.2 Å². The third kappa shape index (κ3) is 9.17. The normalized spacial score (nSPS) is 17.6. The lowest BCUT2D eigenvalue weighted by Crippen LogP contribution is -2.58. The molecule has 4 unspecified atom stereocenters. The quantitative estimate of drug-likeness (QED) is 0.0786. The zero-order chi connectivity index (χ0) is 26.7. The molecule has 2 rings (SSSR count). The number of guanidine groups is 1. The summed E-state index contributed by atoms with van der Waals surface area (Å²) in [4.78, 5) is 61.1. The number of carboxylic acid groups (broad SMARTS) is 1. The summed E-state index contributed by atoms with van der Waals surface area (Å²) in [5, 5.41) is 20.6. The lowest BCUT2D eigenvalue weighted by atomic mass is 10.0. The smallest absolute Gasteiger partial charge is 0.326 e. The molecule has 3 amide bonds. The van der Waals surface area contributed by atoms with E-state index < -0.39 is 35.9 Å². The molecule has 0 aliphatic carbocycles. The van der Waals surface area contributed by atoms with E-state index in [1.807, 2.05) is 0 Å². The second kappa shape index (κ2) is 14.0. The van der Waals surface area contributed by atoms with Crippen LogP contribution < -0.4 is 32.7 Å². The van der Waals surface area contributed by atoms with Crippen molar-refractivity contribution in [3.8, 4) is 0 Å². The summed E-state index contributed by atoms with van der Waals surface area (Å²) >= 11 is 0. The summed E-state index contributed by atoms with van der Waals surface area (Å²) in [6, 6.07) is -3.56. The molecule has 1 aromatic rings. The van der Waals surface area contributed by atoms with Crippen LogP contribution in [0.15, 0.2) is 17.5 Å². The Labute approximate surface area is 209 Å². The van der Waals surface area contributed by atoms with Crippen LogP contribution in [-0.4, -0.2) is 82.0 Å². The van der Waals surface area contributed by atoms with Crippen LogP contribution in [-0.2, 0) is 25.6 Å². The van der Waals surface area contributed by atoms with Gasteiger partial charge in [0.2, 0.25) is 17.7 Å². The molecule has 1 saturated heterocycles. The molecule has 36 heavy (non-hydrogen) atoms. The first-order chi connectivity index (χ1) is 17.1. The van der Waals surface area contributed by atoms with E-state index in [-0.39, 0.29) is 43.2 Å². The van der Waals surface area contributed by atoms with E-state index >= 15 is 0 Å². The van der Waals surface area contributed by atoms with Gasteiger partial charge < -0.3 is 42.8 Å². The number of aliphatic carboxylic acids is 1. The second-order valence-electron chi connectivity index (χ2n) is 9.07. The Bertz CT molecular complexity index is 909. The van der Waals surface area contributed by atoms with Gasteiger partial charge in [0.15, 0.2) is 5.96 Å². The summed E-state index contributed by atoms with van der Waals surface area (Å²) in [6.07, 6.45) is 5.06. The first-order valence-corrected chi connectivity index (χ1v) is 12.0. The van der Waals surface area contributed by atoms with Gasteiger partial charge in [0.05, 0.1) is 12.4 Å². The standard InChI is InChI=1S/C22H37N9O5/c1-12(2)17(20(34)30-16(21(35)36)9-13-10-25-11-28-13)31-19(33)15(6-4-8-27-22(23)24)29-18(32)14-5-3-7-26-14/h10-12,14-17,26H,3-9H2,1-2H3,(H,25,28)(H,29,32)(H,30,34)(H,31,33)(H,35,36)(H4,23,24,27). The molecule has 0 bridgehead atoms. The van der Waals surface area contributed by atoms with Crippen molar-refractivity contribution in [2.45, 2.75) is 70.1 Å². The summed E-state index contributed by atoms with van der Waals surface area (Å²) in [6.45, 7) is 4.44. The second-order valence-corrected chi connectivity index (χ2v) is 9.07. The largest absolute Gasteiger partial charge is 0.480 e. The molecule has 1 aliphatic rings. The zero-order valence-corrected chi connectivity index (χ0v) is 20.6. The van der Waals surface area contributed by atoms with E-state index in [9.17, 15) is 24.3 Å². The highest BCUT2D eigenvalue weighted by Crippen LogP contribution is 2.09. The van der Waals surface area contributed by atoms with Gasteiger partial charge in [-0.05, 0) is 38.1 Å². The number of aromatic nitrogens is 2. The Kier molecular flexibility index (Phi) is 11.1. The Balaban J connectivity index is 2.08. The van der Waals surface area contributed by atoms with Crippen molar-refractivity contribution in [1.82, 2.24) is 31.2 Å². The molecule has 0 saturated carbocycles. The van der Waals surface area contributed by atoms with Crippen LogP contribution in [0.4, 0.5) is 0 Å². The van der Waals surface area contributed by atoms with Crippen molar-refractivity contribution in [2.24, 2.45) is 22.4 Å². The van der Waals surface area contributed by atoms with Gasteiger partial charge in [0.1, 0.15) is 18.1 Å². The van der Waals surface area contributed by atoms with Crippen molar-refractivity contribution >= 4 is 29.7 Å². The number of hydrogen-bond donors (Lipinski definition) is 8. The molecule has 0 spiro atoms. The number of carbonyl (C=O) groups is 4. The molecule has 200 valence electrons. The van der Waals surface area contributed by atoms with E-state index in [1.54, 1.807) is 13.8 Å². The number of nitrogens with zero attached hydrogens (tertiary/aromatic N) is 2. The van der Waals surface area contributed by atoms with E-state index in [1.165, 1.54) is 12.5 Å². The highest BCUT2D eigenvalue weighted by atomic mass is 16.4. The molecular formula is C22H37N9O5. The predicted octanol–water partition coefficient (Wildman–Crippen LogP) is -2.05. The number of nitrogens with one attached hydrogen (secondary N) is 5. The van der Waals surface area contributed by atoms with Gasteiger partial charge in [-0.1, -0.05) is 13.8 Å². The fourth-order valence-corrected chi connectivity index (χ4v) is 3.82. The first kappa shape index (κ1) is 28.6. The van der Waals surface area contributed by atoms with E-state index in [2.05, 4.69) is 36.2 Å². The monoisotopic (exact) mass is 507 g/mol. The maximum atomic E-state index is 13.2. The Morgan fingerprint density at radius 3 is 2.47 bits per heavy atom. The minimum Gasteiger partial charge on any atom is -0.480 e. The number of imidazole rings is 1. The van der Waals surface area contributed by atoms with Crippen molar-refractivity contribution in [2.75, 3.05) is 13.1 Å². The molecule has 1 fully saturated rings. The summed E-state index contributed by atoms with van der Waals surface area (Å²) in [7, 11) is 0. The van der Waals surface area contributed by atoms with Crippen LogP contribution in [0.1, 0.15) is 45.2 Å². The number of H-pyrrole nitrogens is 1. The van der Waals surface area contributed by atoms with Crippen LogP contribution in [0, 0.1) is 5.92 Å². The molecule has 14 nitrogen and oxygen atoms in total. The van der Waals surface area contributed by atoms with Crippen LogP contribution in [0.3, 0.4) is 0 Å². The highest BCUT2D eigenvalue weighted by Gasteiger charge is 2.32. The Hall–Kier alpha value is -3.68. The predicted molar refractivity (Wildman–Crippen MR) is 131 cm³/mol. The topological polar surface area (TPSA) is 230 Å². The van der Waals surface area contributed by atoms with Gasteiger partial charge in [-0.2, -0.15) is 0 Å². The minimum atomic E-state index is -1.22. The number of aliphatic imine (C=N–C) groups is 1. The number of aromatic amines is 1. The number of nitrogens with two attached hydrogens (primary N) is 2. The van der Waals surface area contributed by atoms with Crippen LogP contribution >= 0.6 is 0 Å². The van der Waals surface area contributed by atoms with E-state index in [0.29, 0.717) is 18.5 Å². The van der Waals surface area contributed by atoms with Gasteiger partial charge in [-0.15, -0.1) is 0 Å². The molecule has 0 aromatic carbocycles. The average molecular weight is 508 g/mol. The number of rotatable bonds is 14. The lowest BCUT2D eigenvalue weighted by molar-refractivity contribution is -0.142. The molecule has 1 aromatic heterocycles. The third-order valence-electron chi connectivity index (χ3n) is 5.80. The number of carbonyl (C=O) groups excluding carboxylic acids is 3. The van der Waals surface area contributed by atoms with E-state index in [0.717, 1.165) is 13.0 Å².